The van der Waals surface area contributed by atoms with E-state index in [-0.39, 0.29) is 24.6 Å². The fraction of sp³-hybridized carbons (Fsp3) is 0.250. The first-order chi connectivity index (χ1) is 12.3. The van der Waals surface area contributed by atoms with Crippen molar-refractivity contribution in [3.05, 3.63) is 33.1 Å². The van der Waals surface area contributed by atoms with Crippen molar-refractivity contribution in [2.75, 3.05) is 13.1 Å². The van der Waals surface area contributed by atoms with E-state index < -0.39 is 18.4 Å². The number of phenols is 1. The van der Waals surface area contributed by atoms with E-state index in [0.29, 0.717) is 21.2 Å². The standard InChI is InChI=1S/C16H15BrN2O5S2/c17-10-3-4-11(20)9(6-10)7-12-15(24)19(16(25)26-12)5-1-2-13(21)18-8-14(22)23/h3-4,6-7,20H,1-2,5,8H2,(H,18,21)(H,22,23)/b12-7-. The molecule has 1 aromatic carbocycles. The van der Waals surface area contributed by atoms with E-state index in [1.807, 2.05) is 0 Å². The summed E-state index contributed by atoms with van der Waals surface area (Å²) in [5.74, 6) is -1.75. The summed E-state index contributed by atoms with van der Waals surface area (Å²) in [6, 6.07) is 4.90. The molecular weight excluding hydrogens is 444 g/mol. The van der Waals surface area contributed by atoms with Gasteiger partial charge in [0.15, 0.2) is 0 Å². The first kappa shape index (κ1) is 20.4. The van der Waals surface area contributed by atoms with Crippen molar-refractivity contribution >= 4 is 68.1 Å². The molecule has 0 atom stereocenters. The first-order valence-electron chi connectivity index (χ1n) is 7.50. The Labute approximate surface area is 167 Å². The minimum absolute atomic E-state index is 0.0496. The van der Waals surface area contributed by atoms with Crippen LogP contribution in [0.2, 0.25) is 0 Å². The highest BCUT2D eigenvalue weighted by Crippen LogP contribution is 2.34. The summed E-state index contributed by atoms with van der Waals surface area (Å²) in [5.41, 5.74) is 0.493. The van der Waals surface area contributed by atoms with Crippen LogP contribution in [-0.4, -0.2) is 50.3 Å². The van der Waals surface area contributed by atoms with Gasteiger partial charge >= 0.3 is 5.97 Å². The molecule has 1 heterocycles. The van der Waals surface area contributed by atoms with Crippen LogP contribution >= 0.6 is 39.9 Å². The van der Waals surface area contributed by atoms with E-state index in [4.69, 9.17) is 17.3 Å². The molecule has 10 heteroatoms. The largest absolute Gasteiger partial charge is 0.507 e. The lowest BCUT2D eigenvalue weighted by molar-refractivity contribution is -0.137. The van der Waals surface area contributed by atoms with Crippen LogP contribution in [0.25, 0.3) is 6.08 Å². The van der Waals surface area contributed by atoms with Gasteiger partial charge in [-0.1, -0.05) is 39.9 Å². The molecule has 1 aliphatic heterocycles. The second-order valence-electron chi connectivity index (χ2n) is 5.31. The molecule has 0 radical (unpaired) electrons. The quantitative estimate of drug-likeness (QED) is 0.425. The van der Waals surface area contributed by atoms with Crippen molar-refractivity contribution in [2.45, 2.75) is 12.8 Å². The second-order valence-corrected chi connectivity index (χ2v) is 7.90. The van der Waals surface area contributed by atoms with E-state index in [1.165, 1.54) is 11.0 Å². The lowest BCUT2D eigenvalue weighted by Crippen LogP contribution is -2.32. The number of hydrogen-bond acceptors (Lipinski definition) is 6. The number of nitrogens with zero attached hydrogens (tertiary/aromatic N) is 1. The van der Waals surface area contributed by atoms with Gasteiger partial charge in [-0.25, -0.2) is 0 Å². The Bertz CT molecular complexity index is 797. The predicted octanol–water partition coefficient (Wildman–Crippen LogP) is 2.34. The Morgan fingerprint density at radius 2 is 2.12 bits per heavy atom. The van der Waals surface area contributed by atoms with Crippen molar-refractivity contribution in [3.63, 3.8) is 0 Å². The van der Waals surface area contributed by atoms with Crippen LogP contribution in [0.1, 0.15) is 18.4 Å². The highest BCUT2D eigenvalue weighted by atomic mass is 79.9. The third-order valence-corrected chi connectivity index (χ3v) is 5.24. The lowest BCUT2D eigenvalue weighted by atomic mass is 10.2. The molecule has 2 rings (SSSR count). The third kappa shape index (κ3) is 5.55. The fourth-order valence-electron chi connectivity index (χ4n) is 2.14. The molecule has 7 nitrogen and oxygen atoms in total. The fourth-order valence-corrected chi connectivity index (χ4v) is 3.81. The molecule has 0 unspecified atom stereocenters. The maximum absolute atomic E-state index is 12.5. The average molecular weight is 459 g/mol. The number of carbonyl (C=O) groups excluding carboxylic acids is 2. The molecular formula is C16H15BrN2O5S2. The number of carboxylic acids is 1. The van der Waals surface area contributed by atoms with E-state index in [1.54, 1.807) is 18.2 Å². The van der Waals surface area contributed by atoms with Gasteiger partial charge in [0.25, 0.3) is 5.91 Å². The van der Waals surface area contributed by atoms with Crippen LogP contribution in [-0.2, 0) is 14.4 Å². The molecule has 0 bridgehead atoms. The molecule has 26 heavy (non-hydrogen) atoms. The van der Waals surface area contributed by atoms with Crippen LogP contribution in [0.4, 0.5) is 0 Å². The minimum Gasteiger partial charge on any atom is -0.507 e. The Kier molecular flexibility index (Phi) is 7.18. The molecule has 1 aliphatic rings. The summed E-state index contributed by atoms with van der Waals surface area (Å²) < 4.78 is 1.14. The molecule has 0 aromatic heterocycles. The number of aromatic hydroxyl groups is 1. The van der Waals surface area contributed by atoms with Gasteiger partial charge in [-0.2, -0.15) is 0 Å². The highest BCUT2D eigenvalue weighted by molar-refractivity contribution is 9.10. The van der Waals surface area contributed by atoms with E-state index in [9.17, 15) is 19.5 Å². The zero-order chi connectivity index (χ0) is 19.3. The number of hydrogen-bond donors (Lipinski definition) is 3. The molecule has 1 aromatic rings. The number of amides is 2. The number of aliphatic carboxylic acids is 1. The highest BCUT2D eigenvalue weighted by Gasteiger charge is 2.31. The van der Waals surface area contributed by atoms with Crippen LogP contribution in [0.15, 0.2) is 27.6 Å². The van der Waals surface area contributed by atoms with Gasteiger partial charge in [-0.3, -0.25) is 19.3 Å². The predicted molar refractivity (Wildman–Crippen MR) is 106 cm³/mol. The maximum Gasteiger partial charge on any atom is 0.322 e. The molecule has 0 spiro atoms. The minimum atomic E-state index is -1.11. The zero-order valence-electron chi connectivity index (χ0n) is 13.4. The third-order valence-electron chi connectivity index (χ3n) is 3.37. The van der Waals surface area contributed by atoms with Crippen molar-refractivity contribution in [2.24, 2.45) is 0 Å². The van der Waals surface area contributed by atoms with Gasteiger partial charge in [-0.05, 0) is 30.7 Å². The van der Waals surface area contributed by atoms with E-state index in [2.05, 4.69) is 21.2 Å². The Balaban J connectivity index is 1.96. The summed E-state index contributed by atoms with van der Waals surface area (Å²) in [6.07, 6.45) is 2.02. The number of carbonyl (C=O) groups is 3. The first-order valence-corrected chi connectivity index (χ1v) is 9.52. The van der Waals surface area contributed by atoms with Crippen molar-refractivity contribution in [3.8, 4) is 5.75 Å². The number of thiocarbonyl (C=S) groups is 1. The molecule has 3 N–H and O–H groups in total. The number of benzene rings is 1. The van der Waals surface area contributed by atoms with Gasteiger partial charge in [0.2, 0.25) is 5.91 Å². The normalized spacial score (nSPS) is 15.6. The molecule has 0 aliphatic carbocycles. The monoisotopic (exact) mass is 458 g/mol. The Morgan fingerprint density at radius 3 is 2.81 bits per heavy atom. The van der Waals surface area contributed by atoms with Crippen LogP contribution in [0, 0.1) is 0 Å². The summed E-state index contributed by atoms with van der Waals surface area (Å²) in [5, 5.41) is 20.6. The zero-order valence-corrected chi connectivity index (χ0v) is 16.6. The number of rotatable bonds is 7. The lowest BCUT2D eigenvalue weighted by Gasteiger charge is -2.13. The summed E-state index contributed by atoms with van der Waals surface area (Å²) in [7, 11) is 0. The number of carboxylic acid groups (broad SMARTS) is 1. The van der Waals surface area contributed by atoms with Gasteiger partial charge in [-0.15, -0.1) is 0 Å². The average Bonchev–Trinajstić information content (AvgIpc) is 2.83. The summed E-state index contributed by atoms with van der Waals surface area (Å²) >= 11 is 9.65. The van der Waals surface area contributed by atoms with Gasteiger partial charge in [0, 0.05) is 23.0 Å². The SMILES string of the molecule is O=C(O)CNC(=O)CCCN1C(=O)/C(=C/c2cc(Br)ccc2O)SC1=S. The molecule has 1 saturated heterocycles. The summed E-state index contributed by atoms with van der Waals surface area (Å²) in [6.45, 7) is -0.175. The van der Waals surface area contributed by atoms with Gasteiger partial charge in [0.1, 0.15) is 16.6 Å². The van der Waals surface area contributed by atoms with E-state index in [0.717, 1.165) is 16.2 Å². The molecule has 2 amide bonds. The van der Waals surface area contributed by atoms with Gasteiger partial charge in [0.05, 0.1) is 4.91 Å². The van der Waals surface area contributed by atoms with E-state index >= 15 is 0 Å². The molecule has 1 fully saturated rings. The number of thioether (sulfide) groups is 1. The van der Waals surface area contributed by atoms with Crippen LogP contribution in [0.5, 0.6) is 5.75 Å². The molecule has 138 valence electrons. The van der Waals surface area contributed by atoms with Gasteiger partial charge < -0.3 is 15.5 Å². The molecule has 0 saturated carbocycles. The number of phenolic OH excluding ortho intramolecular Hbond substituents is 1. The smallest absolute Gasteiger partial charge is 0.322 e. The van der Waals surface area contributed by atoms with Crippen molar-refractivity contribution in [1.82, 2.24) is 10.2 Å². The maximum atomic E-state index is 12.5. The van der Waals surface area contributed by atoms with Crippen LogP contribution in [0.3, 0.4) is 0 Å². The Hall–Kier alpha value is -1.91. The van der Waals surface area contributed by atoms with Crippen molar-refractivity contribution in [1.29, 1.82) is 0 Å². The number of nitrogens with one attached hydrogen (secondary N) is 1. The second kappa shape index (κ2) is 9.15. The number of halogens is 1. The van der Waals surface area contributed by atoms with Crippen molar-refractivity contribution < 1.29 is 24.6 Å². The van der Waals surface area contributed by atoms with Crippen LogP contribution < -0.4 is 5.32 Å². The topological polar surface area (TPSA) is 107 Å². The summed E-state index contributed by atoms with van der Waals surface area (Å²) in [4.78, 5) is 36.2. The Morgan fingerprint density at radius 1 is 1.38 bits per heavy atom.